The lowest BCUT2D eigenvalue weighted by Crippen LogP contribution is -2.24. The number of rotatable bonds is 4. The quantitative estimate of drug-likeness (QED) is 0.918. The Bertz CT molecular complexity index is 541. The van der Waals surface area contributed by atoms with Crippen molar-refractivity contribution in [2.24, 2.45) is 0 Å². The Morgan fingerprint density at radius 3 is 3.05 bits per heavy atom. The Kier molecular flexibility index (Phi) is 3.85. The summed E-state index contributed by atoms with van der Waals surface area (Å²) in [5.41, 5.74) is 2.75. The van der Waals surface area contributed by atoms with Gasteiger partial charge in [-0.05, 0) is 30.2 Å². The summed E-state index contributed by atoms with van der Waals surface area (Å²) in [5.74, 6) is 1.81. The topological polar surface area (TPSA) is 24.9 Å². The largest absolute Gasteiger partial charge is 0.310 e. The molecule has 3 rings (SSSR count). The molecule has 0 amide bonds. The van der Waals surface area contributed by atoms with Gasteiger partial charge in [-0.1, -0.05) is 24.3 Å². The van der Waals surface area contributed by atoms with E-state index in [0.717, 1.165) is 6.54 Å². The van der Waals surface area contributed by atoms with Crippen LogP contribution in [0.4, 0.5) is 0 Å². The first-order valence-corrected chi connectivity index (χ1v) is 7.68. The third-order valence-corrected chi connectivity index (χ3v) is 4.91. The Morgan fingerprint density at radius 1 is 1.32 bits per heavy atom. The number of pyridine rings is 1. The fourth-order valence-corrected chi connectivity index (χ4v) is 3.72. The average molecular weight is 270 g/mol. The van der Waals surface area contributed by atoms with Crippen LogP contribution in [0, 0.1) is 0 Å². The summed E-state index contributed by atoms with van der Waals surface area (Å²) in [6.45, 7) is 3.23. The van der Waals surface area contributed by atoms with E-state index in [9.17, 15) is 0 Å². The zero-order valence-electron chi connectivity index (χ0n) is 11.0. The summed E-state index contributed by atoms with van der Waals surface area (Å²) >= 11 is 1.97. The van der Waals surface area contributed by atoms with Gasteiger partial charge in [-0.25, -0.2) is 0 Å². The van der Waals surface area contributed by atoms with Crippen molar-refractivity contribution < 1.29 is 0 Å². The minimum Gasteiger partial charge on any atom is -0.310 e. The molecule has 2 aromatic rings. The molecule has 2 unspecified atom stereocenters. The third-order valence-electron chi connectivity index (χ3n) is 3.65. The number of fused-ring (bicyclic) bond motifs is 1. The van der Waals surface area contributed by atoms with Gasteiger partial charge in [0.25, 0.3) is 0 Å². The van der Waals surface area contributed by atoms with Crippen LogP contribution in [0.1, 0.15) is 30.0 Å². The molecular weight excluding hydrogens is 252 g/mol. The monoisotopic (exact) mass is 270 g/mol. The molecular formula is C16H18N2S. The van der Waals surface area contributed by atoms with Crippen LogP contribution >= 0.6 is 11.8 Å². The first-order chi connectivity index (χ1) is 9.34. The standard InChI is InChI=1S/C16H18N2S/c1-12(13-5-4-8-17-9-13)18-10-14-11-19-16-7-3-2-6-15(14)16/h2-9,12,14,18H,10-11H2,1H3. The van der Waals surface area contributed by atoms with Crippen molar-refractivity contribution in [1.82, 2.24) is 10.3 Å². The second kappa shape index (κ2) is 5.76. The predicted molar refractivity (Wildman–Crippen MR) is 80.6 cm³/mol. The number of aromatic nitrogens is 1. The molecule has 98 valence electrons. The van der Waals surface area contributed by atoms with Crippen LogP contribution in [0.25, 0.3) is 0 Å². The fourth-order valence-electron chi connectivity index (χ4n) is 2.47. The second-order valence-corrected chi connectivity index (χ2v) is 6.02. The third kappa shape index (κ3) is 2.82. The normalized spacial score (nSPS) is 19.1. The highest BCUT2D eigenvalue weighted by atomic mass is 32.2. The molecule has 1 aliphatic heterocycles. The lowest BCUT2D eigenvalue weighted by molar-refractivity contribution is 0.540. The van der Waals surface area contributed by atoms with Crippen molar-refractivity contribution in [3.05, 3.63) is 59.9 Å². The summed E-state index contributed by atoms with van der Waals surface area (Å²) in [5, 5.41) is 3.63. The first kappa shape index (κ1) is 12.7. The minimum absolute atomic E-state index is 0.353. The Balaban J connectivity index is 1.62. The Hall–Kier alpha value is -1.32. The molecule has 2 atom stereocenters. The van der Waals surface area contributed by atoms with E-state index >= 15 is 0 Å². The van der Waals surface area contributed by atoms with E-state index in [1.54, 1.807) is 0 Å². The molecule has 0 spiro atoms. The van der Waals surface area contributed by atoms with Crippen LogP contribution in [-0.4, -0.2) is 17.3 Å². The predicted octanol–water partition coefficient (Wildman–Crippen LogP) is 3.62. The lowest BCUT2D eigenvalue weighted by atomic mass is 10.0. The maximum absolute atomic E-state index is 4.18. The summed E-state index contributed by atoms with van der Waals surface area (Å²) in [4.78, 5) is 5.62. The number of benzene rings is 1. The van der Waals surface area contributed by atoms with E-state index in [2.05, 4.69) is 47.6 Å². The van der Waals surface area contributed by atoms with Crippen LogP contribution in [0.15, 0.2) is 53.7 Å². The van der Waals surface area contributed by atoms with Gasteiger partial charge in [-0.15, -0.1) is 11.8 Å². The number of nitrogens with one attached hydrogen (secondary N) is 1. The van der Waals surface area contributed by atoms with E-state index in [0.29, 0.717) is 12.0 Å². The maximum atomic E-state index is 4.18. The van der Waals surface area contributed by atoms with E-state index in [-0.39, 0.29) is 0 Å². The molecule has 19 heavy (non-hydrogen) atoms. The number of hydrogen-bond donors (Lipinski definition) is 1. The van der Waals surface area contributed by atoms with Gasteiger partial charge in [0.05, 0.1) is 0 Å². The fraction of sp³-hybridized carbons (Fsp3) is 0.312. The highest BCUT2D eigenvalue weighted by Crippen LogP contribution is 2.38. The Morgan fingerprint density at radius 2 is 2.21 bits per heavy atom. The molecule has 2 nitrogen and oxygen atoms in total. The van der Waals surface area contributed by atoms with E-state index in [1.165, 1.54) is 21.8 Å². The van der Waals surface area contributed by atoms with Gasteiger partial charge in [0.1, 0.15) is 0 Å². The van der Waals surface area contributed by atoms with Crippen LogP contribution in [-0.2, 0) is 0 Å². The van der Waals surface area contributed by atoms with Gasteiger partial charge in [0.15, 0.2) is 0 Å². The molecule has 2 heterocycles. The summed E-state index contributed by atoms with van der Waals surface area (Å²) in [6.07, 6.45) is 3.76. The van der Waals surface area contributed by atoms with Crippen LogP contribution in [0.3, 0.4) is 0 Å². The number of hydrogen-bond acceptors (Lipinski definition) is 3. The molecule has 0 saturated carbocycles. The highest BCUT2D eigenvalue weighted by molar-refractivity contribution is 7.99. The molecule has 1 aromatic carbocycles. The van der Waals surface area contributed by atoms with Crippen molar-refractivity contribution >= 4 is 11.8 Å². The van der Waals surface area contributed by atoms with Gasteiger partial charge >= 0.3 is 0 Å². The Labute approximate surface area is 118 Å². The maximum Gasteiger partial charge on any atom is 0.0315 e. The van der Waals surface area contributed by atoms with Gasteiger partial charge in [0, 0.05) is 41.5 Å². The number of nitrogens with zero attached hydrogens (tertiary/aromatic N) is 1. The van der Waals surface area contributed by atoms with Crippen molar-refractivity contribution in [3.8, 4) is 0 Å². The van der Waals surface area contributed by atoms with Gasteiger partial charge in [0.2, 0.25) is 0 Å². The second-order valence-electron chi connectivity index (χ2n) is 4.96. The van der Waals surface area contributed by atoms with E-state index in [4.69, 9.17) is 0 Å². The summed E-state index contributed by atoms with van der Waals surface area (Å²) < 4.78 is 0. The molecule has 0 fully saturated rings. The van der Waals surface area contributed by atoms with Gasteiger partial charge in [-0.2, -0.15) is 0 Å². The summed E-state index contributed by atoms with van der Waals surface area (Å²) in [7, 11) is 0. The SMILES string of the molecule is CC(NCC1CSc2ccccc21)c1cccnc1. The molecule has 1 aromatic heterocycles. The van der Waals surface area contributed by atoms with Crippen LogP contribution in [0.5, 0.6) is 0 Å². The molecule has 0 radical (unpaired) electrons. The highest BCUT2D eigenvalue weighted by Gasteiger charge is 2.22. The molecule has 0 aliphatic carbocycles. The summed E-state index contributed by atoms with van der Waals surface area (Å²) in [6, 6.07) is 13.2. The zero-order valence-corrected chi connectivity index (χ0v) is 11.9. The van der Waals surface area contributed by atoms with Gasteiger partial charge < -0.3 is 5.32 Å². The average Bonchev–Trinajstić information content (AvgIpc) is 2.89. The van der Waals surface area contributed by atoms with Crippen LogP contribution in [0.2, 0.25) is 0 Å². The smallest absolute Gasteiger partial charge is 0.0315 e. The van der Waals surface area contributed by atoms with Crippen molar-refractivity contribution in [2.75, 3.05) is 12.3 Å². The molecule has 0 saturated heterocycles. The van der Waals surface area contributed by atoms with Crippen molar-refractivity contribution in [1.29, 1.82) is 0 Å². The van der Waals surface area contributed by atoms with Gasteiger partial charge in [-0.3, -0.25) is 4.98 Å². The van der Waals surface area contributed by atoms with E-state index < -0.39 is 0 Å². The number of thioether (sulfide) groups is 1. The molecule has 1 N–H and O–H groups in total. The van der Waals surface area contributed by atoms with Crippen molar-refractivity contribution in [3.63, 3.8) is 0 Å². The zero-order chi connectivity index (χ0) is 13.1. The lowest BCUT2D eigenvalue weighted by Gasteiger charge is -2.17. The van der Waals surface area contributed by atoms with Crippen molar-refractivity contribution in [2.45, 2.75) is 23.8 Å². The first-order valence-electron chi connectivity index (χ1n) is 6.69. The minimum atomic E-state index is 0.353. The van der Waals surface area contributed by atoms with Crippen LogP contribution < -0.4 is 5.32 Å². The molecule has 0 bridgehead atoms. The molecule has 3 heteroatoms. The molecule has 1 aliphatic rings. The van der Waals surface area contributed by atoms with E-state index in [1.807, 2.05) is 30.2 Å².